The normalized spacial score (nSPS) is 10.6. The molecule has 0 aliphatic rings. The maximum Gasteiger partial charge on any atom is 0.162 e. The third kappa shape index (κ3) is 2.48. The highest BCUT2D eigenvalue weighted by Gasteiger charge is 2.10. The standard InChI is InChI=1S/C10H12F3N/c11-6-7-4-8(2-1-3-14)10(13)9(12)5-7/h4-5H,1-3,6,14H2. The fourth-order valence-electron chi connectivity index (χ4n) is 1.26. The molecule has 0 amide bonds. The van der Waals surface area contributed by atoms with E-state index < -0.39 is 18.3 Å². The van der Waals surface area contributed by atoms with Gasteiger partial charge in [0.2, 0.25) is 0 Å². The van der Waals surface area contributed by atoms with Gasteiger partial charge in [0, 0.05) is 0 Å². The Morgan fingerprint density at radius 1 is 1.21 bits per heavy atom. The zero-order valence-corrected chi connectivity index (χ0v) is 7.69. The topological polar surface area (TPSA) is 26.0 Å². The quantitative estimate of drug-likeness (QED) is 0.798. The highest BCUT2D eigenvalue weighted by molar-refractivity contribution is 5.26. The predicted octanol–water partition coefficient (Wildman–Crippen LogP) is 2.33. The van der Waals surface area contributed by atoms with E-state index >= 15 is 0 Å². The Labute approximate surface area is 80.7 Å². The molecule has 0 spiro atoms. The number of alkyl halides is 1. The van der Waals surface area contributed by atoms with Crippen molar-refractivity contribution in [2.45, 2.75) is 19.5 Å². The number of aryl methyl sites for hydroxylation is 1. The van der Waals surface area contributed by atoms with Crippen LogP contribution in [-0.2, 0) is 13.1 Å². The molecule has 0 radical (unpaired) electrons. The third-order valence-electron chi connectivity index (χ3n) is 1.97. The van der Waals surface area contributed by atoms with Crippen LogP contribution in [-0.4, -0.2) is 6.54 Å². The number of benzene rings is 1. The van der Waals surface area contributed by atoms with Gasteiger partial charge in [-0.1, -0.05) is 6.07 Å². The molecule has 0 atom stereocenters. The largest absolute Gasteiger partial charge is 0.330 e. The molecule has 1 aromatic rings. The van der Waals surface area contributed by atoms with Gasteiger partial charge in [-0.2, -0.15) is 0 Å². The number of rotatable bonds is 4. The van der Waals surface area contributed by atoms with Crippen LogP contribution in [0.3, 0.4) is 0 Å². The Morgan fingerprint density at radius 2 is 1.93 bits per heavy atom. The average Bonchev–Trinajstić information content (AvgIpc) is 2.20. The molecule has 1 rings (SSSR count). The molecule has 0 unspecified atom stereocenters. The van der Waals surface area contributed by atoms with Gasteiger partial charge in [-0.3, -0.25) is 0 Å². The molecule has 78 valence electrons. The van der Waals surface area contributed by atoms with Gasteiger partial charge in [0.05, 0.1) is 0 Å². The number of hydrogen-bond acceptors (Lipinski definition) is 1. The van der Waals surface area contributed by atoms with Gasteiger partial charge in [-0.05, 0) is 36.6 Å². The van der Waals surface area contributed by atoms with Crippen LogP contribution in [0.4, 0.5) is 13.2 Å². The summed E-state index contributed by atoms with van der Waals surface area (Å²) in [6.07, 6.45) is 0.902. The van der Waals surface area contributed by atoms with Gasteiger partial charge >= 0.3 is 0 Å². The van der Waals surface area contributed by atoms with Crippen molar-refractivity contribution < 1.29 is 13.2 Å². The minimum atomic E-state index is -0.993. The zero-order chi connectivity index (χ0) is 10.6. The molecular formula is C10H12F3N. The highest BCUT2D eigenvalue weighted by atomic mass is 19.2. The van der Waals surface area contributed by atoms with Gasteiger partial charge in [-0.25, -0.2) is 13.2 Å². The fraction of sp³-hybridized carbons (Fsp3) is 0.400. The minimum absolute atomic E-state index is 0.163. The Hall–Kier alpha value is -1.03. The van der Waals surface area contributed by atoms with E-state index in [0.29, 0.717) is 19.4 Å². The van der Waals surface area contributed by atoms with E-state index in [1.165, 1.54) is 6.07 Å². The Morgan fingerprint density at radius 3 is 2.50 bits per heavy atom. The molecule has 0 fully saturated rings. The second-order valence-corrected chi connectivity index (χ2v) is 3.08. The molecule has 1 nitrogen and oxygen atoms in total. The molecule has 0 heterocycles. The monoisotopic (exact) mass is 203 g/mol. The van der Waals surface area contributed by atoms with Crippen molar-refractivity contribution in [2.24, 2.45) is 5.73 Å². The molecule has 0 aliphatic heterocycles. The van der Waals surface area contributed by atoms with Gasteiger partial charge < -0.3 is 5.73 Å². The molecular weight excluding hydrogens is 191 g/mol. The van der Waals surface area contributed by atoms with E-state index in [0.717, 1.165) is 6.07 Å². The lowest BCUT2D eigenvalue weighted by atomic mass is 10.1. The van der Waals surface area contributed by atoms with Crippen molar-refractivity contribution in [3.63, 3.8) is 0 Å². The summed E-state index contributed by atoms with van der Waals surface area (Å²) in [4.78, 5) is 0. The van der Waals surface area contributed by atoms with E-state index in [2.05, 4.69) is 0 Å². The zero-order valence-electron chi connectivity index (χ0n) is 7.69. The van der Waals surface area contributed by atoms with Crippen molar-refractivity contribution in [2.75, 3.05) is 6.54 Å². The average molecular weight is 203 g/mol. The summed E-state index contributed by atoms with van der Waals surface area (Å²) in [5.74, 6) is -1.89. The fourth-order valence-corrected chi connectivity index (χ4v) is 1.26. The van der Waals surface area contributed by atoms with Crippen molar-refractivity contribution in [1.82, 2.24) is 0 Å². The molecule has 0 aromatic heterocycles. The Balaban J connectivity index is 2.95. The van der Waals surface area contributed by atoms with Crippen LogP contribution in [0.1, 0.15) is 17.5 Å². The van der Waals surface area contributed by atoms with E-state index in [-0.39, 0.29) is 11.1 Å². The maximum absolute atomic E-state index is 13.1. The van der Waals surface area contributed by atoms with Gasteiger partial charge in [-0.15, -0.1) is 0 Å². The number of hydrogen-bond donors (Lipinski definition) is 1. The van der Waals surface area contributed by atoms with Crippen molar-refractivity contribution in [1.29, 1.82) is 0 Å². The van der Waals surface area contributed by atoms with Crippen molar-refractivity contribution >= 4 is 0 Å². The summed E-state index contributed by atoms with van der Waals surface area (Å²) in [6.45, 7) is -0.381. The first kappa shape index (κ1) is 11.0. The summed E-state index contributed by atoms with van der Waals surface area (Å²) in [5.41, 5.74) is 5.60. The van der Waals surface area contributed by atoms with Gasteiger partial charge in [0.15, 0.2) is 11.6 Å². The Bertz CT molecular complexity index is 312. The highest BCUT2D eigenvalue weighted by Crippen LogP contribution is 2.17. The van der Waals surface area contributed by atoms with Crippen LogP contribution < -0.4 is 5.73 Å². The van der Waals surface area contributed by atoms with Crippen molar-refractivity contribution in [3.05, 3.63) is 34.9 Å². The molecule has 14 heavy (non-hydrogen) atoms. The lowest BCUT2D eigenvalue weighted by Crippen LogP contribution is -2.03. The lowest BCUT2D eigenvalue weighted by Gasteiger charge is -2.05. The van der Waals surface area contributed by atoms with Crippen molar-refractivity contribution in [3.8, 4) is 0 Å². The second kappa shape index (κ2) is 5.00. The third-order valence-corrected chi connectivity index (χ3v) is 1.97. The molecule has 2 N–H and O–H groups in total. The molecule has 0 saturated heterocycles. The SMILES string of the molecule is NCCCc1cc(CF)cc(F)c1F. The molecule has 0 saturated carbocycles. The first-order chi connectivity index (χ1) is 6.69. The first-order valence-corrected chi connectivity index (χ1v) is 4.42. The van der Waals surface area contributed by atoms with E-state index in [1.54, 1.807) is 0 Å². The van der Waals surface area contributed by atoms with Gasteiger partial charge in [0.1, 0.15) is 6.67 Å². The molecule has 4 heteroatoms. The predicted molar refractivity (Wildman–Crippen MR) is 48.5 cm³/mol. The van der Waals surface area contributed by atoms with E-state index in [4.69, 9.17) is 5.73 Å². The van der Waals surface area contributed by atoms with Crippen LogP contribution in [0.15, 0.2) is 12.1 Å². The maximum atomic E-state index is 13.1. The molecule has 1 aromatic carbocycles. The summed E-state index contributed by atoms with van der Waals surface area (Å²) in [6, 6.07) is 2.22. The summed E-state index contributed by atoms with van der Waals surface area (Å²) in [7, 11) is 0. The van der Waals surface area contributed by atoms with Crippen LogP contribution in [0.2, 0.25) is 0 Å². The minimum Gasteiger partial charge on any atom is -0.330 e. The van der Waals surface area contributed by atoms with E-state index in [9.17, 15) is 13.2 Å². The smallest absolute Gasteiger partial charge is 0.162 e. The molecule has 0 aliphatic carbocycles. The lowest BCUT2D eigenvalue weighted by molar-refractivity contribution is 0.467. The summed E-state index contributed by atoms with van der Waals surface area (Å²) >= 11 is 0. The summed E-state index contributed by atoms with van der Waals surface area (Å²) in [5, 5.41) is 0. The van der Waals surface area contributed by atoms with Crippen LogP contribution in [0.25, 0.3) is 0 Å². The van der Waals surface area contributed by atoms with Crippen LogP contribution in [0, 0.1) is 11.6 Å². The van der Waals surface area contributed by atoms with Crippen LogP contribution in [0.5, 0.6) is 0 Å². The second-order valence-electron chi connectivity index (χ2n) is 3.08. The van der Waals surface area contributed by atoms with E-state index in [1.807, 2.05) is 0 Å². The summed E-state index contributed by atoms with van der Waals surface area (Å²) < 4.78 is 38.2. The van der Waals surface area contributed by atoms with Crippen LogP contribution >= 0.6 is 0 Å². The first-order valence-electron chi connectivity index (χ1n) is 4.42. The number of nitrogens with two attached hydrogens (primary N) is 1. The Kier molecular flexibility index (Phi) is 3.95. The molecule has 0 bridgehead atoms. The van der Waals surface area contributed by atoms with Gasteiger partial charge in [0.25, 0.3) is 0 Å². The number of halogens is 3.